The topological polar surface area (TPSA) is 49.6 Å². The lowest BCUT2D eigenvalue weighted by Gasteiger charge is -2.26. The molecule has 1 amide bonds. The Morgan fingerprint density at radius 3 is 2.70 bits per heavy atom. The third kappa shape index (κ3) is 4.20. The van der Waals surface area contributed by atoms with Gasteiger partial charge in [-0.05, 0) is 18.9 Å². The molecule has 1 heterocycles. The van der Waals surface area contributed by atoms with Crippen LogP contribution in [0.3, 0.4) is 0 Å². The van der Waals surface area contributed by atoms with Crippen LogP contribution in [0.5, 0.6) is 0 Å². The van der Waals surface area contributed by atoms with E-state index in [2.05, 4.69) is 29.2 Å². The summed E-state index contributed by atoms with van der Waals surface area (Å²) in [6, 6.07) is 10.3. The minimum Gasteiger partial charge on any atom is -0.340 e. The van der Waals surface area contributed by atoms with E-state index in [1.165, 1.54) is 5.56 Å². The zero-order valence-electron chi connectivity index (χ0n) is 12.2. The Labute approximate surface area is 127 Å². The molecule has 1 saturated heterocycles. The van der Waals surface area contributed by atoms with Gasteiger partial charge in [0, 0.05) is 32.7 Å². The molecule has 112 valence electrons. The smallest absolute Gasteiger partial charge is 0.239 e. The number of likely N-dealkylation sites (N-methyl/N-ethyl adjacent to an activating group) is 1. The number of benzene rings is 1. The monoisotopic (exact) mass is 297 g/mol. The maximum Gasteiger partial charge on any atom is 0.239 e. The van der Waals surface area contributed by atoms with E-state index in [1.54, 1.807) is 6.92 Å². The van der Waals surface area contributed by atoms with Gasteiger partial charge in [-0.1, -0.05) is 30.3 Å². The van der Waals surface area contributed by atoms with Gasteiger partial charge in [-0.3, -0.25) is 9.69 Å². The van der Waals surface area contributed by atoms with E-state index >= 15 is 0 Å². The van der Waals surface area contributed by atoms with Crippen molar-refractivity contribution in [2.24, 2.45) is 5.73 Å². The third-order valence-corrected chi connectivity index (χ3v) is 3.78. The first-order chi connectivity index (χ1) is 9.08. The van der Waals surface area contributed by atoms with Gasteiger partial charge in [0.2, 0.25) is 5.91 Å². The highest BCUT2D eigenvalue weighted by molar-refractivity contribution is 5.85. The van der Waals surface area contributed by atoms with Crippen molar-refractivity contribution in [2.75, 3.05) is 20.1 Å². The summed E-state index contributed by atoms with van der Waals surface area (Å²) in [6.45, 7) is 4.67. The highest BCUT2D eigenvalue weighted by Gasteiger charge is 2.29. The number of hydrogen-bond acceptors (Lipinski definition) is 3. The predicted octanol–water partition coefficient (Wildman–Crippen LogP) is 1.49. The fourth-order valence-corrected chi connectivity index (χ4v) is 2.61. The van der Waals surface area contributed by atoms with Crippen molar-refractivity contribution < 1.29 is 4.79 Å². The molecule has 0 spiro atoms. The Hall–Kier alpha value is -1.10. The quantitative estimate of drug-likeness (QED) is 0.916. The lowest BCUT2D eigenvalue weighted by Crippen LogP contribution is -2.46. The van der Waals surface area contributed by atoms with Gasteiger partial charge in [-0.15, -0.1) is 12.4 Å². The first-order valence-electron chi connectivity index (χ1n) is 6.86. The molecule has 1 aliphatic heterocycles. The van der Waals surface area contributed by atoms with Crippen molar-refractivity contribution in [1.29, 1.82) is 0 Å². The van der Waals surface area contributed by atoms with E-state index in [1.807, 2.05) is 18.0 Å². The summed E-state index contributed by atoms with van der Waals surface area (Å²) in [5, 5.41) is 0. The predicted molar refractivity (Wildman–Crippen MR) is 83.8 cm³/mol. The maximum absolute atomic E-state index is 11.9. The SMILES string of the molecule is CC(N)C(=O)N(C)C1CCN(Cc2ccccc2)C1.Cl. The molecular weight excluding hydrogens is 274 g/mol. The Bertz CT molecular complexity index is 424. The molecule has 0 aromatic heterocycles. The summed E-state index contributed by atoms with van der Waals surface area (Å²) in [6.07, 6.45) is 1.03. The number of hydrogen-bond donors (Lipinski definition) is 1. The van der Waals surface area contributed by atoms with Crippen LogP contribution in [0.1, 0.15) is 18.9 Å². The van der Waals surface area contributed by atoms with Gasteiger partial charge >= 0.3 is 0 Å². The number of carbonyl (C=O) groups is 1. The van der Waals surface area contributed by atoms with Crippen LogP contribution in [0.4, 0.5) is 0 Å². The molecule has 2 rings (SSSR count). The van der Waals surface area contributed by atoms with Gasteiger partial charge in [0.25, 0.3) is 0 Å². The largest absolute Gasteiger partial charge is 0.340 e. The van der Waals surface area contributed by atoms with Crippen molar-refractivity contribution in [3.8, 4) is 0 Å². The normalized spacial score (nSPS) is 20.2. The van der Waals surface area contributed by atoms with E-state index in [9.17, 15) is 4.79 Å². The molecule has 1 aromatic carbocycles. The molecule has 0 radical (unpaired) electrons. The standard InChI is InChI=1S/C15H23N3O.ClH/c1-12(16)15(19)17(2)14-8-9-18(11-14)10-13-6-4-3-5-7-13;/h3-7,12,14H,8-11,16H2,1-2H3;1H. The number of amides is 1. The van der Waals surface area contributed by atoms with Gasteiger partial charge in [-0.25, -0.2) is 0 Å². The zero-order valence-corrected chi connectivity index (χ0v) is 13.0. The first kappa shape index (κ1) is 17.0. The van der Waals surface area contributed by atoms with Crippen molar-refractivity contribution in [2.45, 2.75) is 32.0 Å². The molecule has 1 aromatic rings. The number of likely N-dealkylation sites (tertiary alicyclic amines) is 1. The van der Waals surface area contributed by atoms with Crippen LogP contribution in [0.15, 0.2) is 30.3 Å². The van der Waals surface area contributed by atoms with Gasteiger partial charge in [0.1, 0.15) is 0 Å². The van der Waals surface area contributed by atoms with E-state index in [0.717, 1.165) is 26.1 Å². The molecule has 0 aliphatic carbocycles. The Balaban J connectivity index is 0.00000200. The van der Waals surface area contributed by atoms with Gasteiger partial charge < -0.3 is 10.6 Å². The minimum absolute atomic E-state index is 0. The molecule has 0 saturated carbocycles. The average molecular weight is 298 g/mol. The zero-order chi connectivity index (χ0) is 13.8. The van der Waals surface area contributed by atoms with Crippen molar-refractivity contribution in [3.63, 3.8) is 0 Å². The van der Waals surface area contributed by atoms with Crippen molar-refractivity contribution in [3.05, 3.63) is 35.9 Å². The van der Waals surface area contributed by atoms with Gasteiger partial charge in [-0.2, -0.15) is 0 Å². The number of carbonyl (C=O) groups excluding carboxylic acids is 1. The third-order valence-electron chi connectivity index (χ3n) is 3.78. The second-order valence-electron chi connectivity index (χ2n) is 5.40. The van der Waals surface area contributed by atoms with Crippen LogP contribution in [0, 0.1) is 0 Å². The highest BCUT2D eigenvalue weighted by atomic mass is 35.5. The molecule has 2 N–H and O–H groups in total. The number of nitrogens with two attached hydrogens (primary N) is 1. The minimum atomic E-state index is -0.409. The molecule has 1 aliphatic rings. The van der Waals surface area contributed by atoms with E-state index in [0.29, 0.717) is 6.04 Å². The van der Waals surface area contributed by atoms with Crippen LogP contribution in [-0.2, 0) is 11.3 Å². The Morgan fingerprint density at radius 1 is 1.45 bits per heavy atom. The van der Waals surface area contributed by atoms with E-state index in [-0.39, 0.29) is 18.3 Å². The lowest BCUT2D eigenvalue weighted by atomic mass is 10.2. The summed E-state index contributed by atoms with van der Waals surface area (Å²) in [5.41, 5.74) is 6.98. The van der Waals surface area contributed by atoms with Crippen LogP contribution in [0.2, 0.25) is 0 Å². The lowest BCUT2D eigenvalue weighted by molar-refractivity contribution is -0.132. The molecule has 1 fully saturated rings. The summed E-state index contributed by atoms with van der Waals surface area (Å²) < 4.78 is 0. The van der Waals surface area contributed by atoms with Crippen molar-refractivity contribution >= 4 is 18.3 Å². The fraction of sp³-hybridized carbons (Fsp3) is 0.533. The molecular formula is C15H24ClN3O. The van der Waals surface area contributed by atoms with Gasteiger partial charge in [0.05, 0.1) is 6.04 Å². The Morgan fingerprint density at radius 2 is 2.10 bits per heavy atom. The maximum atomic E-state index is 11.9. The van der Waals surface area contributed by atoms with Crippen LogP contribution in [-0.4, -0.2) is 47.9 Å². The van der Waals surface area contributed by atoms with E-state index in [4.69, 9.17) is 5.73 Å². The summed E-state index contributed by atoms with van der Waals surface area (Å²) >= 11 is 0. The molecule has 0 bridgehead atoms. The first-order valence-corrected chi connectivity index (χ1v) is 6.86. The number of nitrogens with zero attached hydrogens (tertiary/aromatic N) is 2. The molecule has 4 nitrogen and oxygen atoms in total. The highest BCUT2D eigenvalue weighted by Crippen LogP contribution is 2.17. The summed E-state index contributed by atoms with van der Waals surface area (Å²) in [5.74, 6) is 0.0339. The van der Waals surface area contributed by atoms with Gasteiger partial charge in [0.15, 0.2) is 0 Å². The summed E-state index contributed by atoms with van der Waals surface area (Å²) in [7, 11) is 1.86. The summed E-state index contributed by atoms with van der Waals surface area (Å²) in [4.78, 5) is 16.1. The van der Waals surface area contributed by atoms with Crippen LogP contribution < -0.4 is 5.73 Å². The van der Waals surface area contributed by atoms with E-state index < -0.39 is 6.04 Å². The van der Waals surface area contributed by atoms with Crippen LogP contribution in [0.25, 0.3) is 0 Å². The number of halogens is 1. The Kier molecular flexibility index (Phi) is 6.46. The average Bonchev–Trinajstić information content (AvgIpc) is 2.86. The molecule has 2 unspecified atom stereocenters. The second-order valence-corrected chi connectivity index (χ2v) is 5.40. The second kappa shape index (κ2) is 7.62. The van der Waals surface area contributed by atoms with Crippen LogP contribution >= 0.6 is 12.4 Å². The fourth-order valence-electron chi connectivity index (χ4n) is 2.61. The number of rotatable bonds is 4. The molecule has 20 heavy (non-hydrogen) atoms. The molecule has 2 atom stereocenters. The van der Waals surface area contributed by atoms with Crippen molar-refractivity contribution in [1.82, 2.24) is 9.80 Å². The molecule has 5 heteroatoms.